The van der Waals surface area contributed by atoms with E-state index in [0.29, 0.717) is 6.04 Å². The normalized spacial score (nSPS) is 15.4. The number of halogens is 1. The van der Waals surface area contributed by atoms with Gasteiger partial charge in [0.25, 0.3) is 0 Å². The molecule has 5 rings (SSSR count). The summed E-state index contributed by atoms with van der Waals surface area (Å²) in [5.41, 5.74) is 2.77. The molecule has 136 valence electrons. The summed E-state index contributed by atoms with van der Waals surface area (Å²) >= 11 is 0. The molecule has 1 aliphatic rings. The van der Waals surface area contributed by atoms with E-state index in [1.807, 2.05) is 35.0 Å². The zero-order valence-electron chi connectivity index (χ0n) is 15.0. The van der Waals surface area contributed by atoms with E-state index in [-0.39, 0.29) is 5.82 Å². The minimum atomic E-state index is -0.217. The lowest BCUT2D eigenvalue weighted by atomic mass is 9.95. The number of hydrogen-bond donors (Lipinski definition) is 1. The highest BCUT2D eigenvalue weighted by molar-refractivity contribution is 5.87. The molecule has 0 radical (unpaired) electrons. The molecule has 2 aromatic heterocycles. The molecule has 1 aliphatic carbocycles. The molecule has 1 saturated carbocycles. The SMILES string of the molecule is Fc1ccc2cc(-c3cnc4ccc(NC5CCCCC5)nn34)ccc2c1. The Morgan fingerprint density at radius 1 is 0.926 bits per heavy atom. The lowest BCUT2D eigenvalue weighted by molar-refractivity contribution is 0.461. The molecule has 0 unspecified atom stereocenters. The molecule has 4 nitrogen and oxygen atoms in total. The highest BCUT2D eigenvalue weighted by Gasteiger charge is 2.15. The maximum atomic E-state index is 13.4. The van der Waals surface area contributed by atoms with Crippen molar-refractivity contribution in [1.82, 2.24) is 14.6 Å². The molecule has 5 heteroatoms. The topological polar surface area (TPSA) is 42.2 Å². The minimum Gasteiger partial charge on any atom is -0.366 e. The maximum absolute atomic E-state index is 13.4. The molecular weight excluding hydrogens is 339 g/mol. The number of imidazole rings is 1. The van der Waals surface area contributed by atoms with Gasteiger partial charge in [-0.05, 0) is 53.9 Å². The van der Waals surface area contributed by atoms with E-state index in [0.717, 1.165) is 33.5 Å². The Labute approximate surface area is 157 Å². The molecular formula is C22H21FN4. The lowest BCUT2D eigenvalue weighted by Gasteiger charge is -2.23. The average Bonchev–Trinajstić information content (AvgIpc) is 3.12. The van der Waals surface area contributed by atoms with Gasteiger partial charge in [0.1, 0.15) is 11.6 Å². The van der Waals surface area contributed by atoms with Gasteiger partial charge in [-0.3, -0.25) is 0 Å². The van der Waals surface area contributed by atoms with Crippen LogP contribution in [0.5, 0.6) is 0 Å². The summed E-state index contributed by atoms with van der Waals surface area (Å²) in [7, 11) is 0. The molecule has 1 fully saturated rings. The van der Waals surface area contributed by atoms with Crippen LogP contribution < -0.4 is 5.32 Å². The Kier molecular flexibility index (Phi) is 4.00. The van der Waals surface area contributed by atoms with Gasteiger partial charge >= 0.3 is 0 Å². The molecule has 0 aliphatic heterocycles. The standard InChI is InChI=1S/C22H21FN4/c23-18-9-8-15-12-17(7-6-16(15)13-18)20-14-24-22-11-10-21(26-27(20)22)25-19-4-2-1-3-5-19/h6-14,19H,1-5H2,(H,25,26). The number of nitrogens with one attached hydrogen (secondary N) is 1. The maximum Gasteiger partial charge on any atom is 0.154 e. The number of rotatable bonds is 3. The number of anilines is 1. The van der Waals surface area contributed by atoms with E-state index in [2.05, 4.69) is 16.4 Å². The Morgan fingerprint density at radius 2 is 1.74 bits per heavy atom. The molecule has 1 N–H and O–H groups in total. The third kappa shape index (κ3) is 3.14. The van der Waals surface area contributed by atoms with Crippen molar-refractivity contribution in [2.24, 2.45) is 0 Å². The molecule has 0 bridgehead atoms. The van der Waals surface area contributed by atoms with Gasteiger partial charge in [-0.15, -0.1) is 5.10 Å². The fourth-order valence-corrected chi connectivity index (χ4v) is 3.98. The van der Waals surface area contributed by atoms with Gasteiger partial charge in [-0.25, -0.2) is 13.9 Å². The van der Waals surface area contributed by atoms with Gasteiger partial charge in [0, 0.05) is 11.6 Å². The van der Waals surface area contributed by atoms with Gasteiger partial charge in [-0.2, -0.15) is 0 Å². The third-order valence-corrected chi connectivity index (χ3v) is 5.42. The quantitative estimate of drug-likeness (QED) is 0.529. The number of benzene rings is 2. The van der Waals surface area contributed by atoms with Crippen LogP contribution in [0.15, 0.2) is 54.7 Å². The fourth-order valence-electron chi connectivity index (χ4n) is 3.98. The zero-order chi connectivity index (χ0) is 18.2. The Hall–Kier alpha value is -2.95. The molecule has 2 aromatic carbocycles. The Balaban J connectivity index is 1.52. The van der Waals surface area contributed by atoms with E-state index < -0.39 is 0 Å². The van der Waals surface area contributed by atoms with Gasteiger partial charge < -0.3 is 5.32 Å². The number of nitrogens with zero attached hydrogens (tertiary/aromatic N) is 3. The van der Waals surface area contributed by atoms with Crippen molar-refractivity contribution >= 4 is 22.2 Å². The van der Waals surface area contributed by atoms with Crippen LogP contribution >= 0.6 is 0 Å². The van der Waals surface area contributed by atoms with Crippen molar-refractivity contribution in [3.63, 3.8) is 0 Å². The Morgan fingerprint density at radius 3 is 2.63 bits per heavy atom. The molecule has 2 heterocycles. The molecule has 0 amide bonds. The summed E-state index contributed by atoms with van der Waals surface area (Å²) in [4.78, 5) is 4.49. The summed E-state index contributed by atoms with van der Waals surface area (Å²) in [6, 6.07) is 15.4. The number of hydrogen-bond acceptors (Lipinski definition) is 3. The van der Waals surface area contributed by atoms with Crippen LogP contribution in [0.4, 0.5) is 10.2 Å². The van der Waals surface area contributed by atoms with Crippen molar-refractivity contribution in [1.29, 1.82) is 0 Å². The second kappa shape index (κ2) is 6.65. The molecule has 0 atom stereocenters. The summed E-state index contributed by atoms with van der Waals surface area (Å²) in [6.45, 7) is 0. The van der Waals surface area contributed by atoms with E-state index in [4.69, 9.17) is 5.10 Å². The predicted molar refractivity (Wildman–Crippen MR) is 106 cm³/mol. The van der Waals surface area contributed by atoms with Crippen molar-refractivity contribution in [3.05, 3.63) is 60.5 Å². The lowest BCUT2D eigenvalue weighted by Crippen LogP contribution is -2.23. The zero-order valence-corrected chi connectivity index (χ0v) is 15.0. The molecule has 27 heavy (non-hydrogen) atoms. The van der Waals surface area contributed by atoms with Crippen LogP contribution in [0.25, 0.3) is 27.7 Å². The van der Waals surface area contributed by atoms with Crippen LogP contribution in [0.3, 0.4) is 0 Å². The predicted octanol–water partition coefficient (Wildman–Crippen LogP) is 5.43. The van der Waals surface area contributed by atoms with Crippen molar-refractivity contribution in [2.75, 3.05) is 5.32 Å². The molecule has 4 aromatic rings. The van der Waals surface area contributed by atoms with Crippen LogP contribution in [0.1, 0.15) is 32.1 Å². The molecule has 0 saturated heterocycles. The van der Waals surface area contributed by atoms with Crippen LogP contribution in [0.2, 0.25) is 0 Å². The van der Waals surface area contributed by atoms with Crippen molar-refractivity contribution in [2.45, 2.75) is 38.1 Å². The summed E-state index contributed by atoms with van der Waals surface area (Å²) in [6.07, 6.45) is 8.16. The number of fused-ring (bicyclic) bond motifs is 2. The highest BCUT2D eigenvalue weighted by Crippen LogP contribution is 2.26. The van der Waals surface area contributed by atoms with Crippen LogP contribution in [-0.4, -0.2) is 20.6 Å². The summed E-state index contributed by atoms with van der Waals surface area (Å²) in [5.74, 6) is 0.668. The highest BCUT2D eigenvalue weighted by atomic mass is 19.1. The second-order valence-corrected chi connectivity index (χ2v) is 7.32. The van der Waals surface area contributed by atoms with E-state index in [1.165, 1.54) is 38.2 Å². The monoisotopic (exact) mass is 360 g/mol. The van der Waals surface area contributed by atoms with Crippen molar-refractivity contribution < 1.29 is 4.39 Å². The first kappa shape index (κ1) is 16.2. The van der Waals surface area contributed by atoms with Crippen LogP contribution in [-0.2, 0) is 0 Å². The largest absolute Gasteiger partial charge is 0.366 e. The van der Waals surface area contributed by atoms with E-state index in [1.54, 1.807) is 12.1 Å². The van der Waals surface area contributed by atoms with Gasteiger partial charge in [0.15, 0.2) is 5.65 Å². The van der Waals surface area contributed by atoms with Gasteiger partial charge in [0.05, 0.1) is 11.9 Å². The Bertz CT molecular complexity index is 1110. The van der Waals surface area contributed by atoms with E-state index >= 15 is 0 Å². The van der Waals surface area contributed by atoms with Crippen LogP contribution in [0, 0.1) is 5.82 Å². The van der Waals surface area contributed by atoms with Gasteiger partial charge in [0.2, 0.25) is 0 Å². The summed E-state index contributed by atoms with van der Waals surface area (Å²) in [5, 5.41) is 10.2. The number of aromatic nitrogens is 3. The average molecular weight is 360 g/mol. The first-order valence-corrected chi connectivity index (χ1v) is 9.57. The van der Waals surface area contributed by atoms with E-state index in [9.17, 15) is 4.39 Å². The van der Waals surface area contributed by atoms with Gasteiger partial charge in [-0.1, -0.05) is 37.5 Å². The minimum absolute atomic E-state index is 0.217. The third-order valence-electron chi connectivity index (χ3n) is 5.42. The van der Waals surface area contributed by atoms with Crippen molar-refractivity contribution in [3.8, 4) is 11.3 Å². The second-order valence-electron chi connectivity index (χ2n) is 7.32. The first-order chi connectivity index (χ1) is 13.3. The fraction of sp³-hybridized carbons (Fsp3) is 0.273. The summed E-state index contributed by atoms with van der Waals surface area (Å²) < 4.78 is 15.3. The first-order valence-electron chi connectivity index (χ1n) is 9.57. The molecule has 0 spiro atoms. The smallest absolute Gasteiger partial charge is 0.154 e.